The molecule has 1 aromatic heterocycles. The van der Waals surface area contributed by atoms with Crippen molar-refractivity contribution in [3.05, 3.63) is 70.1 Å². The van der Waals surface area contributed by atoms with Gasteiger partial charge < -0.3 is 10.3 Å². The number of nitrogens with two attached hydrogens (primary N) is 1. The molecule has 0 radical (unpaired) electrons. The van der Waals surface area contributed by atoms with Crippen LogP contribution in [0.5, 0.6) is 0 Å². The summed E-state index contributed by atoms with van der Waals surface area (Å²) < 4.78 is 1.68. The zero-order valence-electron chi connectivity index (χ0n) is 8.97. The van der Waals surface area contributed by atoms with Gasteiger partial charge in [0.1, 0.15) is 0 Å². The zero-order chi connectivity index (χ0) is 11.4. The third kappa shape index (κ3) is 2.20. The molecule has 2 N–H and O–H groups in total. The van der Waals surface area contributed by atoms with E-state index >= 15 is 0 Å². The summed E-state index contributed by atoms with van der Waals surface area (Å²) in [7, 11) is 0. The number of pyridine rings is 1. The van der Waals surface area contributed by atoms with Crippen LogP contribution in [0, 0.1) is 0 Å². The van der Waals surface area contributed by atoms with Crippen molar-refractivity contribution in [1.82, 2.24) is 4.57 Å². The minimum absolute atomic E-state index is 0.00863. The van der Waals surface area contributed by atoms with E-state index in [2.05, 4.69) is 0 Å². The summed E-state index contributed by atoms with van der Waals surface area (Å²) in [5, 5.41) is 0. The molecule has 0 amide bonds. The van der Waals surface area contributed by atoms with Crippen LogP contribution in [0.25, 0.3) is 0 Å². The van der Waals surface area contributed by atoms with E-state index < -0.39 is 0 Å². The Balaban J connectivity index is 2.34. The maximum atomic E-state index is 11.6. The van der Waals surface area contributed by atoms with Gasteiger partial charge in [0.15, 0.2) is 0 Å². The fourth-order valence-electron chi connectivity index (χ4n) is 1.69. The molecule has 82 valence electrons. The first kappa shape index (κ1) is 10.6. The second kappa shape index (κ2) is 4.77. The van der Waals surface area contributed by atoms with E-state index in [4.69, 9.17) is 5.73 Å². The van der Waals surface area contributed by atoms with Crippen LogP contribution in [0.3, 0.4) is 0 Å². The Hall–Kier alpha value is -1.87. The van der Waals surface area contributed by atoms with Gasteiger partial charge in [-0.1, -0.05) is 30.3 Å². The lowest BCUT2D eigenvalue weighted by molar-refractivity contribution is 0.750. The first-order chi connectivity index (χ1) is 7.81. The van der Waals surface area contributed by atoms with Crippen molar-refractivity contribution in [3.63, 3.8) is 0 Å². The van der Waals surface area contributed by atoms with Crippen LogP contribution in [0.15, 0.2) is 53.5 Å². The Morgan fingerprint density at radius 2 is 1.69 bits per heavy atom. The maximum Gasteiger partial charge on any atom is 0.250 e. The summed E-state index contributed by atoms with van der Waals surface area (Å²) in [4.78, 5) is 11.6. The van der Waals surface area contributed by atoms with Crippen LogP contribution in [-0.4, -0.2) is 4.57 Å². The highest BCUT2D eigenvalue weighted by atomic mass is 16.1. The molecule has 1 heterocycles. The Bertz CT molecular complexity index is 531. The molecular formula is C13H14N2O. The molecule has 2 aromatic rings. The summed E-state index contributed by atoms with van der Waals surface area (Å²) in [5.41, 5.74) is 7.84. The Labute approximate surface area is 94.1 Å². The van der Waals surface area contributed by atoms with E-state index in [1.165, 1.54) is 0 Å². The molecular weight excluding hydrogens is 200 g/mol. The third-order valence-corrected chi connectivity index (χ3v) is 2.58. The summed E-state index contributed by atoms with van der Waals surface area (Å²) in [6, 6.07) is 13.1. The summed E-state index contributed by atoms with van der Waals surface area (Å²) in [6.07, 6.45) is 1.79. The van der Waals surface area contributed by atoms with E-state index in [9.17, 15) is 4.79 Å². The molecule has 0 atom stereocenters. The van der Waals surface area contributed by atoms with E-state index in [-0.39, 0.29) is 5.56 Å². The van der Waals surface area contributed by atoms with Crippen molar-refractivity contribution in [2.45, 2.75) is 13.1 Å². The summed E-state index contributed by atoms with van der Waals surface area (Å²) >= 11 is 0. The van der Waals surface area contributed by atoms with Gasteiger partial charge in [-0.3, -0.25) is 4.79 Å². The van der Waals surface area contributed by atoms with Gasteiger partial charge in [0, 0.05) is 18.8 Å². The summed E-state index contributed by atoms with van der Waals surface area (Å²) in [6.45, 7) is 1.07. The quantitative estimate of drug-likeness (QED) is 0.838. The van der Waals surface area contributed by atoms with Crippen LogP contribution >= 0.6 is 0 Å². The normalized spacial score (nSPS) is 10.3. The van der Waals surface area contributed by atoms with Crippen molar-refractivity contribution >= 4 is 0 Å². The molecule has 2 rings (SSSR count). The topological polar surface area (TPSA) is 48.0 Å². The molecule has 0 bridgehead atoms. The van der Waals surface area contributed by atoms with Gasteiger partial charge in [-0.2, -0.15) is 0 Å². The molecule has 3 nitrogen and oxygen atoms in total. The van der Waals surface area contributed by atoms with Crippen LogP contribution in [0.1, 0.15) is 11.1 Å². The summed E-state index contributed by atoms with van der Waals surface area (Å²) in [5.74, 6) is 0. The lowest BCUT2D eigenvalue weighted by Crippen LogP contribution is -2.19. The first-order valence-corrected chi connectivity index (χ1v) is 5.23. The van der Waals surface area contributed by atoms with Gasteiger partial charge in [-0.25, -0.2) is 0 Å². The highest BCUT2D eigenvalue weighted by Crippen LogP contribution is 2.08. The minimum atomic E-state index is 0.00863. The molecule has 0 saturated carbocycles. The lowest BCUT2D eigenvalue weighted by Gasteiger charge is -2.09. The van der Waals surface area contributed by atoms with Gasteiger partial charge in [-0.05, 0) is 17.2 Å². The molecule has 16 heavy (non-hydrogen) atoms. The molecule has 0 aliphatic carbocycles. The second-order valence-electron chi connectivity index (χ2n) is 3.64. The van der Waals surface area contributed by atoms with Gasteiger partial charge in [0.2, 0.25) is 0 Å². The maximum absolute atomic E-state index is 11.6. The third-order valence-electron chi connectivity index (χ3n) is 2.58. The van der Waals surface area contributed by atoms with Gasteiger partial charge in [0.05, 0.1) is 6.54 Å². The molecule has 0 aliphatic rings. The zero-order valence-corrected chi connectivity index (χ0v) is 8.97. The highest BCUT2D eigenvalue weighted by molar-refractivity contribution is 5.27. The first-order valence-electron chi connectivity index (χ1n) is 5.23. The number of hydrogen-bond donors (Lipinski definition) is 1. The largest absolute Gasteiger partial charge is 0.326 e. The van der Waals surface area contributed by atoms with Crippen LogP contribution < -0.4 is 11.3 Å². The van der Waals surface area contributed by atoms with E-state index in [0.717, 1.165) is 11.1 Å². The molecule has 1 aromatic carbocycles. The monoisotopic (exact) mass is 214 g/mol. The van der Waals surface area contributed by atoms with E-state index in [1.807, 2.05) is 30.3 Å². The SMILES string of the molecule is NCc1ccccc1Cn1ccccc1=O. The van der Waals surface area contributed by atoms with Gasteiger partial charge in [-0.15, -0.1) is 0 Å². The van der Waals surface area contributed by atoms with Crippen molar-refractivity contribution in [1.29, 1.82) is 0 Å². The molecule has 0 fully saturated rings. The van der Waals surface area contributed by atoms with Crippen LogP contribution in [-0.2, 0) is 13.1 Å². The average molecular weight is 214 g/mol. The smallest absolute Gasteiger partial charge is 0.250 e. The predicted octanol–water partition coefficient (Wildman–Crippen LogP) is 1.36. The Kier molecular flexibility index (Phi) is 3.17. The van der Waals surface area contributed by atoms with E-state index in [0.29, 0.717) is 13.1 Å². The number of aromatic nitrogens is 1. The second-order valence-corrected chi connectivity index (χ2v) is 3.64. The Morgan fingerprint density at radius 1 is 1.00 bits per heavy atom. The molecule has 0 aliphatic heterocycles. The predicted molar refractivity (Wildman–Crippen MR) is 64.1 cm³/mol. The van der Waals surface area contributed by atoms with Crippen molar-refractivity contribution < 1.29 is 0 Å². The Morgan fingerprint density at radius 3 is 2.38 bits per heavy atom. The molecule has 0 spiro atoms. The highest BCUT2D eigenvalue weighted by Gasteiger charge is 2.01. The van der Waals surface area contributed by atoms with Gasteiger partial charge in [0.25, 0.3) is 5.56 Å². The lowest BCUT2D eigenvalue weighted by atomic mass is 10.1. The van der Waals surface area contributed by atoms with Crippen molar-refractivity contribution in [3.8, 4) is 0 Å². The number of rotatable bonds is 3. The fourth-order valence-corrected chi connectivity index (χ4v) is 1.69. The van der Waals surface area contributed by atoms with Crippen LogP contribution in [0.2, 0.25) is 0 Å². The molecule has 0 saturated heterocycles. The minimum Gasteiger partial charge on any atom is -0.326 e. The number of benzene rings is 1. The number of hydrogen-bond acceptors (Lipinski definition) is 2. The molecule has 3 heteroatoms. The average Bonchev–Trinajstić information content (AvgIpc) is 2.33. The van der Waals surface area contributed by atoms with Crippen molar-refractivity contribution in [2.75, 3.05) is 0 Å². The van der Waals surface area contributed by atoms with Crippen LogP contribution in [0.4, 0.5) is 0 Å². The van der Waals surface area contributed by atoms with Crippen molar-refractivity contribution in [2.24, 2.45) is 5.73 Å². The number of nitrogens with zero attached hydrogens (tertiary/aromatic N) is 1. The fraction of sp³-hybridized carbons (Fsp3) is 0.154. The standard InChI is InChI=1S/C13H14N2O/c14-9-11-5-1-2-6-12(11)10-15-8-4-3-7-13(15)16/h1-8H,9-10,14H2. The van der Waals surface area contributed by atoms with Gasteiger partial charge >= 0.3 is 0 Å². The molecule has 0 unspecified atom stereocenters. The van der Waals surface area contributed by atoms with E-state index in [1.54, 1.807) is 22.9 Å².